The number of hydrogen-bond acceptors (Lipinski definition) is 3. The lowest BCUT2D eigenvalue weighted by atomic mass is 10.2. The zero-order valence-electron chi connectivity index (χ0n) is 9.91. The van der Waals surface area contributed by atoms with Gasteiger partial charge in [-0.05, 0) is 18.6 Å². The van der Waals surface area contributed by atoms with Crippen LogP contribution in [0.5, 0.6) is 5.88 Å². The molecule has 0 unspecified atom stereocenters. The zero-order valence-corrected chi connectivity index (χ0v) is 11.4. The number of halogens is 2. The lowest BCUT2D eigenvalue weighted by Crippen LogP contribution is -2.31. The molecule has 1 aromatic carbocycles. The van der Waals surface area contributed by atoms with Gasteiger partial charge in [0.2, 0.25) is 5.88 Å². The van der Waals surface area contributed by atoms with E-state index in [2.05, 4.69) is 4.98 Å². The number of nitrogens with zero attached hydrogens (tertiary/aromatic N) is 1. The van der Waals surface area contributed by atoms with Crippen molar-refractivity contribution in [3.63, 3.8) is 0 Å². The molecule has 2 N–H and O–H groups in total. The van der Waals surface area contributed by atoms with Crippen molar-refractivity contribution < 1.29 is 5.11 Å². The third-order valence-corrected chi connectivity index (χ3v) is 3.51. The SMILES string of the molecule is CCc1c(O)n(-c2cccc(Cl)c2Cl)c(=O)[nH]c1=O. The van der Waals surface area contributed by atoms with Gasteiger partial charge in [-0.2, -0.15) is 0 Å². The number of aromatic hydroxyl groups is 1. The van der Waals surface area contributed by atoms with Crippen molar-refractivity contribution in [2.45, 2.75) is 13.3 Å². The smallest absolute Gasteiger partial charge is 0.335 e. The van der Waals surface area contributed by atoms with E-state index in [1.54, 1.807) is 19.1 Å². The molecular weight excluding hydrogens is 291 g/mol. The maximum absolute atomic E-state index is 11.8. The van der Waals surface area contributed by atoms with E-state index in [4.69, 9.17) is 23.2 Å². The van der Waals surface area contributed by atoms with Crippen molar-refractivity contribution in [3.05, 3.63) is 54.6 Å². The van der Waals surface area contributed by atoms with Gasteiger partial charge in [0.15, 0.2) is 0 Å². The van der Waals surface area contributed by atoms with Crippen molar-refractivity contribution in [1.82, 2.24) is 9.55 Å². The third-order valence-electron chi connectivity index (χ3n) is 2.71. The van der Waals surface area contributed by atoms with Crippen LogP contribution in [-0.2, 0) is 6.42 Å². The Morgan fingerprint density at radius 1 is 1.32 bits per heavy atom. The molecule has 0 radical (unpaired) electrons. The van der Waals surface area contributed by atoms with Gasteiger partial charge in [-0.1, -0.05) is 36.2 Å². The van der Waals surface area contributed by atoms with Crippen LogP contribution in [0.2, 0.25) is 10.0 Å². The third kappa shape index (κ3) is 2.27. The number of rotatable bonds is 2. The lowest BCUT2D eigenvalue weighted by Gasteiger charge is -2.12. The molecule has 0 atom stereocenters. The molecule has 0 aliphatic rings. The van der Waals surface area contributed by atoms with Gasteiger partial charge < -0.3 is 5.11 Å². The van der Waals surface area contributed by atoms with Gasteiger partial charge in [-0.15, -0.1) is 0 Å². The van der Waals surface area contributed by atoms with Gasteiger partial charge in [-0.3, -0.25) is 9.78 Å². The summed E-state index contributed by atoms with van der Waals surface area (Å²) in [7, 11) is 0. The summed E-state index contributed by atoms with van der Waals surface area (Å²) in [5, 5.41) is 10.4. The van der Waals surface area contributed by atoms with Crippen LogP contribution < -0.4 is 11.2 Å². The first-order chi connectivity index (χ1) is 8.97. The first-order valence-corrected chi connectivity index (χ1v) is 6.24. The summed E-state index contributed by atoms with van der Waals surface area (Å²) in [4.78, 5) is 25.5. The Hall–Kier alpha value is -1.72. The molecule has 1 aromatic heterocycles. The molecule has 0 aliphatic heterocycles. The second-order valence-corrected chi connectivity index (χ2v) is 4.61. The predicted molar refractivity (Wildman–Crippen MR) is 73.7 cm³/mol. The van der Waals surface area contributed by atoms with Crippen molar-refractivity contribution in [2.75, 3.05) is 0 Å². The second kappa shape index (κ2) is 5.11. The minimum atomic E-state index is -0.774. The highest BCUT2D eigenvalue weighted by atomic mass is 35.5. The molecule has 100 valence electrons. The average Bonchev–Trinajstić information content (AvgIpc) is 2.34. The van der Waals surface area contributed by atoms with Gasteiger partial charge in [0.25, 0.3) is 5.56 Å². The van der Waals surface area contributed by atoms with Crippen LogP contribution in [0.3, 0.4) is 0 Å². The number of hydrogen-bond donors (Lipinski definition) is 2. The summed E-state index contributed by atoms with van der Waals surface area (Å²) >= 11 is 11.9. The highest BCUT2D eigenvalue weighted by Crippen LogP contribution is 2.29. The molecule has 7 heteroatoms. The normalized spacial score (nSPS) is 10.7. The minimum absolute atomic E-state index is 0.107. The van der Waals surface area contributed by atoms with Crippen LogP contribution >= 0.6 is 23.2 Å². The molecule has 0 saturated heterocycles. The number of benzene rings is 1. The largest absolute Gasteiger partial charge is 0.494 e. The molecule has 0 amide bonds. The highest BCUT2D eigenvalue weighted by molar-refractivity contribution is 6.43. The summed E-state index contributed by atoms with van der Waals surface area (Å²) in [6.07, 6.45) is 0.277. The summed E-state index contributed by atoms with van der Waals surface area (Å²) in [5.41, 5.74) is -1.07. The number of H-pyrrole nitrogens is 1. The second-order valence-electron chi connectivity index (χ2n) is 3.82. The highest BCUT2D eigenvalue weighted by Gasteiger charge is 2.16. The number of aromatic amines is 1. The molecule has 0 saturated carbocycles. The Morgan fingerprint density at radius 3 is 2.63 bits per heavy atom. The fraction of sp³-hybridized carbons (Fsp3) is 0.167. The number of aromatic nitrogens is 2. The van der Waals surface area contributed by atoms with Gasteiger partial charge in [0.1, 0.15) is 0 Å². The van der Waals surface area contributed by atoms with E-state index in [0.717, 1.165) is 4.57 Å². The topological polar surface area (TPSA) is 75.1 Å². The summed E-state index contributed by atoms with van der Waals surface area (Å²) in [5.74, 6) is -0.430. The fourth-order valence-electron chi connectivity index (χ4n) is 1.77. The van der Waals surface area contributed by atoms with Crippen molar-refractivity contribution in [2.24, 2.45) is 0 Å². The van der Waals surface area contributed by atoms with Crippen LogP contribution in [0, 0.1) is 0 Å². The van der Waals surface area contributed by atoms with Crippen LogP contribution in [-0.4, -0.2) is 14.7 Å². The average molecular weight is 301 g/mol. The van der Waals surface area contributed by atoms with E-state index in [1.165, 1.54) is 6.07 Å². The van der Waals surface area contributed by atoms with E-state index >= 15 is 0 Å². The molecule has 2 rings (SSSR count). The van der Waals surface area contributed by atoms with E-state index in [0.29, 0.717) is 0 Å². The van der Waals surface area contributed by atoms with Crippen LogP contribution in [0.25, 0.3) is 5.69 Å². The van der Waals surface area contributed by atoms with Crippen molar-refractivity contribution >= 4 is 23.2 Å². The Balaban J connectivity index is 2.87. The maximum atomic E-state index is 11.8. The van der Waals surface area contributed by atoms with Crippen LogP contribution in [0.1, 0.15) is 12.5 Å². The van der Waals surface area contributed by atoms with E-state index < -0.39 is 17.1 Å². The van der Waals surface area contributed by atoms with E-state index in [9.17, 15) is 14.7 Å². The first kappa shape index (κ1) is 13.7. The Bertz CT molecular complexity index is 750. The summed E-state index contributed by atoms with van der Waals surface area (Å²) in [6.45, 7) is 1.69. The Labute approximate surface area is 118 Å². The molecule has 0 spiro atoms. The molecule has 1 heterocycles. The monoisotopic (exact) mass is 300 g/mol. The lowest BCUT2D eigenvalue weighted by molar-refractivity contribution is 0.423. The van der Waals surface area contributed by atoms with Crippen LogP contribution in [0.15, 0.2) is 27.8 Å². The molecule has 5 nitrogen and oxygen atoms in total. The minimum Gasteiger partial charge on any atom is -0.494 e. The van der Waals surface area contributed by atoms with Crippen molar-refractivity contribution in [3.8, 4) is 11.6 Å². The predicted octanol–water partition coefficient (Wildman–Crippen LogP) is 2.10. The molecule has 0 fully saturated rings. The molecular formula is C12H10Cl2N2O3. The summed E-state index contributed by atoms with van der Waals surface area (Å²) in [6, 6.07) is 4.67. The molecule has 0 aliphatic carbocycles. The van der Waals surface area contributed by atoms with Gasteiger partial charge in [0, 0.05) is 0 Å². The van der Waals surface area contributed by atoms with Crippen LogP contribution in [0.4, 0.5) is 0 Å². The van der Waals surface area contributed by atoms with Gasteiger partial charge in [-0.25, -0.2) is 9.36 Å². The fourth-order valence-corrected chi connectivity index (χ4v) is 2.15. The zero-order chi connectivity index (χ0) is 14.2. The quantitative estimate of drug-likeness (QED) is 0.892. The first-order valence-electron chi connectivity index (χ1n) is 5.49. The molecule has 2 aromatic rings. The summed E-state index contributed by atoms with van der Waals surface area (Å²) < 4.78 is 0.925. The van der Waals surface area contributed by atoms with Crippen molar-refractivity contribution in [1.29, 1.82) is 0 Å². The maximum Gasteiger partial charge on any atom is 0.335 e. The standard InChI is InChI=1S/C12H10Cl2N2O3/c1-2-6-10(17)15-12(19)16(11(6)18)8-5-3-4-7(13)9(8)14/h3-5,18H,2H2,1H3,(H,15,17,19). The van der Waals surface area contributed by atoms with E-state index in [1.807, 2.05) is 0 Å². The van der Waals surface area contributed by atoms with Gasteiger partial charge in [0.05, 0.1) is 21.3 Å². The molecule has 0 bridgehead atoms. The van der Waals surface area contributed by atoms with Gasteiger partial charge >= 0.3 is 5.69 Å². The Morgan fingerprint density at radius 2 is 2.00 bits per heavy atom. The van der Waals surface area contributed by atoms with E-state index in [-0.39, 0.29) is 27.7 Å². The molecule has 19 heavy (non-hydrogen) atoms. The number of nitrogens with one attached hydrogen (secondary N) is 1. The Kier molecular flexibility index (Phi) is 3.68.